The van der Waals surface area contributed by atoms with Crippen molar-refractivity contribution < 1.29 is 0 Å². The smallest absolute Gasteiger partial charge is 0.0669 e. The largest absolute Gasteiger partial charge is 0.309 e. The summed E-state index contributed by atoms with van der Waals surface area (Å²) in [6.45, 7) is 7.77. The van der Waals surface area contributed by atoms with Crippen molar-refractivity contribution in [1.29, 1.82) is 0 Å². The van der Waals surface area contributed by atoms with Gasteiger partial charge in [0, 0.05) is 6.04 Å². The van der Waals surface area contributed by atoms with E-state index in [1.54, 1.807) is 0 Å². The van der Waals surface area contributed by atoms with Crippen molar-refractivity contribution in [1.82, 2.24) is 14.9 Å². The van der Waals surface area contributed by atoms with Crippen LogP contribution in [0.25, 0.3) is 0 Å². The van der Waals surface area contributed by atoms with E-state index in [4.69, 9.17) is 0 Å². The molecular formula is C11H21N3S. The Hall–Kier alpha value is -0.480. The molecule has 0 aliphatic rings. The van der Waals surface area contributed by atoms with Crippen LogP contribution in [-0.2, 0) is 0 Å². The van der Waals surface area contributed by atoms with Gasteiger partial charge in [0.2, 0.25) is 0 Å². The molecule has 0 aliphatic heterocycles. The van der Waals surface area contributed by atoms with E-state index >= 15 is 0 Å². The fraction of sp³-hybridized carbons (Fsp3) is 0.818. The Bertz CT molecular complexity index is 244. The van der Waals surface area contributed by atoms with E-state index in [1.165, 1.54) is 35.7 Å². The molecule has 4 heteroatoms. The zero-order chi connectivity index (χ0) is 11.1. The molecule has 1 heterocycles. The van der Waals surface area contributed by atoms with Crippen LogP contribution in [-0.4, -0.2) is 16.1 Å². The third-order valence-corrected chi connectivity index (χ3v) is 3.57. The van der Waals surface area contributed by atoms with Crippen molar-refractivity contribution in [2.75, 3.05) is 6.54 Å². The van der Waals surface area contributed by atoms with E-state index in [-0.39, 0.29) is 0 Å². The molecule has 0 saturated carbocycles. The minimum Gasteiger partial charge on any atom is -0.309 e. The van der Waals surface area contributed by atoms with Crippen molar-refractivity contribution in [3.05, 3.63) is 11.1 Å². The van der Waals surface area contributed by atoms with Crippen LogP contribution >= 0.6 is 11.5 Å². The monoisotopic (exact) mass is 227 g/mol. The van der Waals surface area contributed by atoms with Gasteiger partial charge in [-0.2, -0.15) is 0 Å². The SMILES string of the molecule is CCCNC(c1cnns1)C(CC)CC. The first kappa shape index (κ1) is 12.6. The molecular weight excluding hydrogens is 206 g/mol. The predicted octanol–water partition coefficient (Wildman–Crippen LogP) is 3.02. The number of nitrogens with zero attached hydrogens (tertiary/aromatic N) is 2. The lowest BCUT2D eigenvalue weighted by Crippen LogP contribution is -2.27. The van der Waals surface area contributed by atoms with Gasteiger partial charge in [0.1, 0.15) is 0 Å². The minimum absolute atomic E-state index is 0.444. The Balaban J connectivity index is 2.68. The maximum absolute atomic E-state index is 3.95. The Morgan fingerprint density at radius 1 is 1.33 bits per heavy atom. The molecule has 0 bridgehead atoms. The van der Waals surface area contributed by atoms with Crippen LogP contribution in [0.1, 0.15) is 51.0 Å². The third-order valence-electron chi connectivity index (χ3n) is 2.82. The molecule has 1 unspecified atom stereocenters. The first-order valence-electron chi connectivity index (χ1n) is 5.84. The van der Waals surface area contributed by atoms with Crippen molar-refractivity contribution in [2.45, 2.75) is 46.1 Å². The molecule has 1 aromatic heterocycles. The summed E-state index contributed by atoms with van der Waals surface area (Å²) in [5.41, 5.74) is 0. The van der Waals surface area contributed by atoms with Gasteiger partial charge in [-0.3, -0.25) is 0 Å². The summed E-state index contributed by atoms with van der Waals surface area (Å²) in [5, 5.41) is 7.53. The molecule has 0 spiro atoms. The number of aromatic nitrogens is 2. The zero-order valence-electron chi connectivity index (χ0n) is 9.86. The van der Waals surface area contributed by atoms with Crippen LogP contribution < -0.4 is 5.32 Å². The Morgan fingerprint density at radius 3 is 2.53 bits per heavy atom. The first-order chi connectivity index (χ1) is 7.33. The highest BCUT2D eigenvalue weighted by molar-refractivity contribution is 7.05. The zero-order valence-corrected chi connectivity index (χ0v) is 10.7. The average molecular weight is 227 g/mol. The molecule has 1 rings (SSSR count). The fourth-order valence-corrected chi connectivity index (χ4v) is 2.54. The van der Waals surface area contributed by atoms with Gasteiger partial charge in [-0.1, -0.05) is 38.1 Å². The number of nitrogens with one attached hydrogen (secondary N) is 1. The Kier molecular flexibility index (Phi) is 5.79. The van der Waals surface area contributed by atoms with Gasteiger partial charge < -0.3 is 5.32 Å². The Labute approximate surface area is 96.5 Å². The molecule has 1 atom stereocenters. The summed E-state index contributed by atoms with van der Waals surface area (Å²) in [6.07, 6.45) is 5.48. The lowest BCUT2D eigenvalue weighted by molar-refractivity contribution is 0.345. The summed E-state index contributed by atoms with van der Waals surface area (Å²) >= 11 is 1.52. The standard InChI is InChI=1S/C11H21N3S/c1-4-7-12-11(9(5-2)6-3)10-8-13-14-15-10/h8-9,11-12H,4-7H2,1-3H3. The normalized spacial score (nSPS) is 13.3. The fourth-order valence-electron chi connectivity index (χ4n) is 1.87. The highest BCUT2D eigenvalue weighted by atomic mass is 32.1. The molecule has 3 nitrogen and oxygen atoms in total. The maximum atomic E-state index is 3.95. The Morgan fingerprint density at radius 2 is 2.07 bits per heavy atom. The second-order valence-electron chi connectivity index (χ2n) is 3.83. The molecule has 1 N–H and O–H groups in total. The molecule has 0 aromatic carbocycles. The summed E-state index contributed by atoms with van der Waals surface area (Å²) in [4.78, 5) is 1.28. The van der Waals surface area contributed by atoms with Gasteiger partial charge in [-0.25, -0.2) is 0 Å². The van der Waals surface area contributed by atoms with E-state index in [1.807, 2.05) is 6.20 Å². The van der Waals surface area contributed by atoms with Crippen LogP contribution in [0.15, 0.2) is 6.20 Å². The van der Waals surface area contributed by atoms with Crippen molar-refractivity contribution in [3.8, 4) is 0 Å². The molecule has 0 radical (unpaired) electrons. The molecule has 0 amide bonds. The number of rotatable bonds is 7. The highest BCUT2D eigenvalue weighted by Gasteiger charge is 2.21. The van der Waals surface area contributed by atoms with E-state index in [2.05, 4.69) is 35.7 Å². The molecule has 0 aliphatic carbocycles. The van der Waals surface area contributed by atoms with Crippen LogP contribution in [0.3, 0.4) is 0 Å². The second-order valence-corrected chi connectivity index (χ2v) is 4.65. The van der Waals surface area contributed by atoms with Crippen molar-refractivity contribution in [2.24, 2.45) is 5.92 Å². The summed E-state index contributed by atoms with van der Waals surface area (Å²) in [6, 6.07) is 0.444. The molecule has 0 fully saturated rings. The summed E-state index contributed by atoms with van der Waals surface area (Å²) < 4.78 is 3.95. The van der Waals surface area contributed by atoms with Crippen LogP contribution in [0, 0.1) is 5.92 Å². The molecule has 1 aromatic rings. The van der Waals surface area contributed by atoms with E-state index in [9.17, 15) is 0 Å². The van der Waals surface area contributed by atoms with Crippen LogP contribution in [0.2, 0.25) is 0 Å². The van der Waals surface area contributed by atoms with Crippen LogP contribution in [0.4, 0.5) is 0 Å². The maximum Gasteiger partial charge on any atom is 0.0669 e. The van der Waals surface area contributed by atoms with Gasteiger partial charge in [-0.05, 0) is 30.4 Å². The summed E-state index contributed by atoms with van der Waals surface area (Å²) in [5.74, 6) is 0.693. The van der Waals surface area contributed by atoms with Crippen LogP contribution in [0.5, 0.6) is 0 Å². The number of hydrogen-bond donors (Lipinski definition) is 1. The summed E-state index contributed by atoms with van der Waals surface area (Å²) in [7, 11) is 0. The van der Waals surface area contributed by atoms with Crippen molar-refractivity contribution in [3.63, 3.8) is 0 Å². The first-order valence-corrected chi connectivity index (χ1v) is 6.61. The highest BCUT2D eigenvalue weighted by Crippen LogP contribution is 2.28. The number of hydrogen-bond acceptors (Lipinski definition) is 4. The quantitative estimate of drug-likeness (QED) is 0.778. The molecule has 0 saturated heterocycles. The topological polar surface area (TPSA) is 37.8 Å². The van der Waals surface area contributed by atoms with Gasteiger partial charge in [-0.15, -0.1) is 5.10 Å². The minimum atomic E-state index is 0.444. The van der Waals surface area contributed by atoms with E-state index in [0.717, 1.165) is 6.54 Å². The van der Waals surface area contributed by atoms with E-state index in [0.29, 0.717) is 12.0 Å². The average Bonchev–Trinajstić information content (AvgIpc) is 2.77. The third kappa shape index (κ3) is 3.54. The molecule has 86 valence electrons. The van der Waals surface area contributed by atoms with Gasteiger partial charge in [0.15, 0.2) is 0 Å². The van der Waals surface area contributed by atoms with Crippen molar-refractivity contribution >= 4 is 11.5 Å². The molecule has 15 heavy (non-hydrogen) atoms. The predicted molar refractivity (Wildman–Crippen MR) is 65.0 cm³/mol. The van der Waals surface area contributed by atoms with Gasteiger partial charge in [0.25, 0.3) is 0 Å². The van der Waals surface area contributed by atoms with Gasteiger partial charge >= 0.3 is 0 Å². The van der Waals surface area contributed by atoms with Gasteiger partial charge in [0.05, 0.1) is 11.1 Å². The lowest BCUT2D eigenvalue weighted by atomic mass is 9.93. The lowest BCUT2D eigenvalue weighted by Gasteiger charge is -2.24. The second kappa shape index (κ2) is 6.90. The van der Waals surface area contributed by atoms with E-state index < -0.39 is 0 Å².